The molecule has 0 N–H and O–H groups in total. The Morgan fingerprint density at radius 2 is 0.671 bits per heavy atom. The molecule has 0 bridgehead atoms. The SMILES string of the molecule is CC(C)(C)c1ccc(N(c2ccccc2)c2ccc3c(c2)N(c2ccccc2)c2cccc4c2B3C2=C4N(c3ccccc3)C3C=CC=CC23)cc1.C[Si]1(C)C2=C(B3c4ccc(N(c5ccccc5)c5ccccc5)cc4N(c4ccccc4)c4cccc2c43)C2C=CC=CC21.Cc1cc2c3c(c1)N(c1ccccc1)c1cc(N(c4ccccc4)c4ccc(C(C)(C)C)cc4)ccc1B3c1oc3ccccc3c1-2. The van der Waals surface area contributed by atoms with E-state index in [1.807, 2.05) is 0 Å². The predicted molar refractivity (Wildman–Crippen MR) is 611 cm³/mol. The number of fused-ring (bicyclic) bond motifs is 19. The number of allylic oxidation sites excluding steroid dienone is 7. The molecule has 10 aliphatic rings. The van der Waals surface area contributed by atoms with Crippen molar-refractivity contribution >= 4 is 197 Å². The first-order valence-electron chi connectivity index (χ1n) is 50.7. The summed E-state index contributed by atoms with van der Waals surface area (Å²) in [5.74, 6) is 0.756. The smallest absolute Gasteiger partial charge is 0.293 e. The maximum Gasteiger partial charge on any atom is 0.293 e. The van der Waals surface area contributed by atoms with Gasteiger partial charge >= 0.3 is 0 Å². The Hall–Kier alpha value is -16.3. The van der Waals surface area contributed by atoms with Crippen LogP contribution in [0.15, 0.2) is 483 Å². The maximum absolute atomic E-state index is 6.75. The van der Waals surface area contributed by atoms with Crippen LogP contribution in [0.3, 0.4) is 0 Å². The first-order chi connectivity index (χ1) is 70.0. The van der Waals surface area contributed by atoms with Crippen molar-refractivity contribution in [2.45, 2.75) is 84.0 Å². The van der Waals surface area contributed by atoms with Crippen LogP contribution in [0.2, 0.25) is 18.6 Å². The van der Waals surface area contributed by atoms with Crippen molar-refractivity contribution in [3.63, 3.8) is 0 Å². The molecule has 1 aromatic heterocycles. The zero-order valence-electron chi connectivity index (χ0n) is 82.0. The summed E-state index contributed by atoms with van der Waals surface area (Å²) >= 11 is 0. The van der Waals surface area contributed by atoms with Crippen molar-refractivity contribution in [2.75, 3.05) is 34.3 Å². The molecule has 17 aromatic carbocycles. The Labute approximate surface area is 842 Å². The fourth-order valence-corrected chi connectivity index (χ4v) is 29.4. The van der Waals surface area contributed by atoms with E-state index in [4.69, 9.17) is 4.42 Å². The molecular formula is C131H108B3N7OSi. The Kier molecular flexibility index (Phi) is 20.9. The fraction of sp³-hybridized carbons (Fsp3) is 0.115. The van der Waals surface area contributed by atoms with Crippen LogP contribution in [0.4, 0.5) is 108 Å². The minimum absolute atomic E-state index is 0.0169. The normalized spacial score (nSPS) is 16.9. The quantitative estimate of drug-likeness (QED) is 0.106. The average Bonchev–Trinajstić information content (AvgIpc) is 1.53. The van der Waals surface area contributed by atoms with Gasteiger partial charge < -0.3 is 38.7 Å². The zero-order chi connectivity index (χ0) is 96.3. The first-order valence-corrected chi connectivity index (χ1v) is 53.8. The van der Waals surface area contributed by atoms with Gasteiger partial charge in [0.05, 0.1) is 19.8 Å². The molecule has 18 aromatic rings. The largest absolute Gasteiger partial charge is 0.470 e. The van der Waals surface area contributed by atoms with E-state index in [-0.39, 0.29) is 42.9 Å². The lowest BCUT2D eigenvalue weighted by atomic mass is 9.34. The van der Waals surface area contributed by atoms with Crippen LogP contribution < -0.4 is 72.7 Å². The third-order valence-electron chi connectivity index (χ3n) is 31.5. The summed E-state index contributed by atoms with van der Waals surface area (Å²) in [7, 11) is -1.76. The highest BCUT2D eigenvalue weighted by atomic mass is 28.3. The molecule has 686 valence electrons. The highest BCUT2D eigenvalue weighted by Crippen LogP contribution is 2.60. The number of rotatable bonds is 13. The molecule has 0 amide bonds. The van der Waals surface area contributed by atoms with Gasteiger partial charge in [0.1, 0.15) is 5.58 Å². The molecule has 2 aliphatic carbocycles. The molecule has 4 unspecified atom stereocenters. The third-order valence-corrected chi connectivity index (χ3v) is 35.6. The first kappa shape index (κ1) is 87.0. The van der Waals surface area contributed by atoms with E-state index in [1.165, 1.54) is 139 Å². The van der Waals surface area contributed by atoms with Crippen LogP contribution in [-0.2, 0) is 10.8 Å². The van der Waals surface area contributed by atoms with Gasteiger partial charge in [0, 0.05) is 131 Å². The number of furan rings is 1. The van der Waals surface area contributed by atoms with E-state index in [0.717, 1.165) is 68.1 Å². The summed E-state index contributed by atoms with van der Waals surface area (Å²) in [6.45, 7) is 21.5. The summed E-state index contributed by atoms with van der Waals surface area (Å²) in [4.78, 5) is 17.2. The molecule has 8 aliphatic heterocycles. The molecule has 8 nitrogen and oxygen atoms in total. The fourth-order valence-electron chi connectivity index (χ4n) is 25.3. The summed E-state index contributed by atoms with van der Waals surface area (Å²) in [5, 5.41) is 2.88. The van der Waals surface area contributed by atoms with Crippen LogP contribution in [0.25, 0.3) is 33.0 Å². The monoisotopic (exact) mass is 1860 g/mol. The van der Waals surface area contributed by atoms with Gasteiger partial charge in [0.2, 0.25) is 13.4 Å². The molecule has 0 saturated heterocycles. The van der Waals surface area contributed by atoms with Gasteiger partial charge in [-0.05, 0) is 277 Å². The van der Waals surface area contributed by atoms with E-state index < -0.39 is 8.07 Å². The van der Waals surface area contributed by atoms with E-state index in [2.05, 4.69) is 563 Å². The lowest BCUT2D eigenvalue weighted by molar-refractivity contribution is 0.590. The third kappa shape index (κ3) is 14.2. The lowest BCUT2D eigenvalue weighted by Crippen LogP contribution is -2.54. The standard InChI is InChI=1S/C48H40BN3.C43H35BN2O.C40H33BN2Si/c1-48(2,3)33-26-28-37(29-27-33)50(34-16-7-4-8-17-34)38-30-31-41-44(32-38)51(35-18-9-5-10-19-35)43-25-15-23-40-45(43)49(41)46-39-22-13-14-24-42(39)52(47(40)46)36-20-11-6-12-21-36;1-28-25-35-40-34-17-11-12-18-39(34)47-42(40)44-36-24-23-33(27-37(36)46(38(26-28)41(35)44)31-15-9-6-10-16-31)45(30-13-7-5-8-14-30)32-21-19-29(20-22-32)43(2,3)4;1-44(2)37-24-13-12-21-32(37)39-40(44)33-22-14-23-35-38(33)41(39)34-26-25-31(27-36(34)43(35)30-19-10-5-11-20-30)42(28-15-6-3-7-16-28)29-17-8-4-9-18-29/h4-32,39,42H,1-3H3;5-27H,1-4H3;3-27,32,37H,1-2H3. The molecule has 9 heterocycles. The second-order valence-electron chi connectivity index (χ2n) is 42.2. The topological polar surface area (TPSA) is 35.8 Å². The maximum atomic E-state index is 6.75. The predicted octanol–water partition coefficient (Wildman–Crippen LogP) is 29.8. The minimum atomic E-state index is -1.76. The van der Waals surface area contributed by atoms with E-state index in [9.17, 15) is 0 Å². The van der Waals surface area contributed by atoms with Crippen LogP contribution in [0.1, 0.15) is 69.4 Å². The summed E-state index contributed by atoms with van der Waals surface area (Å²) < 4.78 is 6.75. The van der Waals surface area contributed by atoms with E-state index in [0.29, 0.717) is 11.5 Å². The summed E-state index contributed by atoms with van der Waals surface area (Å²) in [6, 6.07) is 154. The molecule has 0 spiro atoms. The second-order valence-corrected chi connectivity index (χ2v) is 46.8. The van der Waals surface area contributed by atoms with Crippen molar-refractivity contribution in [3.8, 4) is 11.1 Å². The number of nitrogens with zero attached hydrogens (tertiary/aromatic N) is 7. The van der Waals surface area contributed by atoms with Gasteiger partial charge in [-0.2, -0.15) is 0 Å². The zero-order valence-corrected chi connectivity index (χ0v) is 83.0. The molecule has 28 rings (SSSR count). The summed E-state index contributed by atoms with van der Waals surface area (Å²) in [6.07, 6.45) is 18.9. The second kappa shape index (κ2) is 34.3. The van der Waals surface area contributed by atoms with Crippen molar-refractivity contribution < 1.29 is 4.42 Å². The lowest BCUT2D eigenvalue weighted by Gasteiger charge is -2.39. The molecule has 4 atom stereocenters. The number of hydrogen-bond acceptors (Lipinski definition) is 8. The van der Waals surface area contributed by atoms with Crippen molar-refractivity contribution in [3.05, 3.63) is 506 Å². The number of aryl methyl sites for hydroxylation is 1. The molecule has 12 heteroatoms. The van der Waals surface area contributed by atoms with Gasteiger partial charge in [0.25, 0.3) is 6.71 Å². The van der Waals surface area contributed by atoms with Crippen LogP contribution >= 0.6 is 0 Å². The molecular weight excluding hydrogens is 1750 g/mol. The van der Waals surface area contributed by atoms with Gasteiger partial charge in [-0.15, -0.1) is 0 Å². The Morgan fingerprint density at radius 3 is 1.14 bits per heavy atom. The van der Waals surface area contributed by atoms with Crippen molar-refractivity contribution in [1.82, 2.24) is 0 Å². The van der Waals surface area contributed by atoms with E-state index in [1.54, 1.807) is 10.7 Å². The average molecular weight is 1860 g/mol. The van der Waals surface area contributed by atoms with Crippen molar-refractivity contribution in [2.24, 2.45) is 11.8 Å². The van der Waals surface area contributed by atoms with Gasteiger partial charge in [-0.1, -0.05) is 356 Å². The molecule has 0 saturated carbocycles. The number of anilines is 19. The summed E-state index contributed by atoms with van der Waals surface area (Å²) in [5.41, 5.74) is 47.3. The van der Waals surface area contributed by atoms with Gasteiger partial charge in [-0.3, -0.25) is 0 Å². The van der Waals surface area contributed by atoms with Gasteiger partial charge in [0.15, 0.2) is 0 Å². The molecule has 0 radical (unpaired) electrons. The number of benzene rings is 17. The van der Waals surface area contributed by atoms with E-state index >= 15 is 0 Å². The number of para-hydroxylation sites is 9. The Morgan fingerprint density at radius 1 is 0.301 bits per heavy atom. The van der Waals surface area contributed by atoms with Crippen LogP contribution in [0.5, 0.6) is 0 Å². The highest BCUT2D eigenvalue weighted by Gasteiger charge is 2.59. The molecule has 143 heavy (non-hydrogen) atoms. The van der Waals surface area contributed by atoms with Crippen molar-refractivity contribution in [1.29, 1.82) is 0 Å². The van der Waals surface area contributed by atoms with Gasteiger partial charge in [-0.25, -0.2) is 0 Å². The Balaban J connectivity index is 0.000000110. The van der Waals surface area contributed by atoms with Crippen LogP contribution in [0, 0.1) is 18.8 Å². The highest BCUT2D eigenvalue weighted by molar-refractivity contribution is 7.07. The number of hydrogen-bond donors (Lipinski definition) is 0. The Bertz CT molecular complexity index is 8220. The minimum Gasteiger partial charge on any atom is -0.470 e. The van der Waals surface area contributed by atoms with Crippen LogP contribution in [-0.4, -0.2) is 34.3 Å². The molecule has 0 fully saturated rings.